The number of rotatable bonds is 5. The second-order valence-electron chi connectivity index (χ2n) is 5.86. The normalized spacial score (nSPS) is 21.2. The van der Waals surface area contributed by atoms with Gasteiger partial charge in [-0.2, -0.15) is 0 Å². The number of carbonyl (C=O) groups is 1. The SMILES string of the molecule is CCCC(C(=O)N1CCC(C)(CC)CC1)C(N)=NO. The molecule has 5 heteroatoms. The molecule has 0 aromatic carbocycles. The minimum atomic E-state index is -0.471. The van der Waals surface area contributed by atoms with Gasteiger partial charge in [0.1, 0.15) is 0 Å². The van der Waals surface area contributed by atoms with Crippen LogP contribution in [0.5, 0.6) is 0 Å². The highest BCUT2D eigenvalue weighted by molar-refractivity contribution is 6.02. The summed E-state index contributed by atoms with van der Waals surface area (Å²) in [6.45, 7) is 8.04. The van der Waals surface area contributed by atoms with E-state index in [2.05, 4.69) is 19.0 Å². The number of oxime groups is 1. The highest BCUT2D eigenvalue weighted by Crippen LogP contribution is 2.34. The van der Waals surface area contributed by atoms with E-state index >= 15 is 0 Å². The van der Waals surface area contributed by atoms with Crippen molar-refractivity contribution in [3.8, 4) is 0 Å². The minimum Gasteiger partial charge on any atom is -0.409 e. The van der Waals surface area contributed by atoms with E-state index in [-0.39, 0.29) is 11.7 Å². The van der Waals surface area contributed by atoms with Gasteiger partial charge in [0, 0.05) is 13.1 Å². The quantitative estimate of drug-likeness (QED) is 0.347. The van der Waals surface area contributed by atoms with Gasteiger partial charge in [0.2, 0.25) is 5.91 Å². The van der Waals surface area contributed by atoms with Crippen LogP contribution >= 0.6 is 0 Å². The van der Waals surface area contributed by atoms with Gasteiger partial charge in [-0.3, -0.25) is 4.79 Å². The molecule has 1 atom stereocenters. The van der Waals surface area contributed by atoms with E-state index in [1.165, 1.54) is 0 Å². The van der Waals surface area contributed by atoms with Crippen molar-refractivity contribution in [2.75, 3.05) is 13.1 Å². The van der Waals surface area contributed by atoms with Crippen LogP contribution in [0.25, 0.3) is 0 Å². The third-order valence-electron chi connectivity index (χ3n) is 4.48. The molecule has 19 heavy (non-hydrogen) atoms. The summed E-state index contributed by atoms with van der Waals surface area (Å²) in [4.78, 5) is 14.3. The summed E-state index contributed by atoms with van der Waals surface area (Å²) in [6.07, 6.45) is 4.69. The van der Waals surface area contributed by atoms with Crippen LogP contribution in [-0.2, 0) is 4.79 Å². The number of amides is 1. The maximum absolute atomic E-state index is 12.4. The van der Waals surface area contributed by atoms with Gasteiger partial charge < -0.3 is 15.8 Å². The third kappa shape index (κ3) is 3.85. The monoisotopic (exact) mass is 269 g/mol. The Labute approximate surface area is 115 Å². The Morgan fingerprint density at radius 1 is 1.42 bits per heavy atom. The second-order valence-corrected chi connectivity index (χ2v) is 5.86. The first-order valence-electron chi connectivity index (χ1n) is 7.23. The molecule has 1 saturated heterocycles. The number of nitrogens with two attached hydrogens (primary N) is 1. The fraction of sp³-hybridized carbons (Fsp3) is 0.857. The number of hydrogen-bond donors (Lipinski definition) is 2. The molecule has 0 bridgehead atoms. The van der Waals surface area contributed by atoms with Crippen LogP contribution in [0.4, 0.5) is 0 Å². The van der Waals surface area contributed by atoms with Crippen LogP contribution in [0.1, 0.15) is 52.9 Å². The fourth-order valence-corrected chi connectivity index (χ4v) is 2.60. The molecule has 0 aliphatic carbocycles. The summed E-state index contributed by atoms with van der Waals surface area (Å²) in [7, 11) is 0. The predicted octanol–water partition coefficient (Wildman–Crippen LogP) is 2.19. The van der Waals surface area contributed by atoms with E-state index in [0.717, 1.165) is 38.8 Å². The van der Waals surface area contributed by atoms with Crippen LogP contribution in [0.15, 0.2) is 5.16 Å². The average Bonchev–Trinajstić information content (AvgIpc) is 2.44. The lowest BCUT2D eigenvalue weighted by molar-refractivity contribution is -0.135. The van der Waals surface area contributed by atoms with Crippen LogP contribution in [0, 0.1) is 11.3 Å². The molecule has 1 fully saturated rings. The first kappa shape index (κ1) is 15.8. The number of piperidine rings is 1. The zero-order valence-electron chi connectivity index (χ0n) is 12.4. The summed E-state index contributed by atoms with van der Waals surface area (Å²) in [5.41, 5.74) is 6.00. The molecule has 1 amide bonds. The number of carbonyl (C=O) groups excluding carboxylic acids is 1. The summed E-state index contributed by atoms with van der Waals surface area (Å²) in [5.74, 6) is -0.424. The van der Waals surface area contributed by atoms with Crippen LogP contribution in [0.2, 0.25) is 0 Å². The van der Waals surface area contributed by atoms with E-state index in [4.69, 9.17) is 10.9 Å². The molecule has 0 spiro atoms. The Morgan fingerprint density at radius 3 is 2.42 bits per heavy atom. The van der Waals surface area contributed by atoms with Crippen LogP contribution < -0.4 is 5.73 Å². The van der Waals surface area contributed by atoms with Crippen molar-refractivity contribution in [1.29, 1.82) is 0 Å². The zero-order chi connectivity index (χ0) is 14.5. The van der Waals surface area contributed by atoms with Gasteiger partial charge in [0.25, 0.3) is 0 Å². The van der Waals surface area contributed by atoms with Gasteiger partial charge >= 0.3 is 0 Å². The molecule has 1 aliphatic heterocycles. The van der Waals surface area contributed by atoms with Crippen molar-refractivity contribution in [1.82, 2.24) is 4.90 Å². The van der Waals surface area contributed by atoms with Crippen molar-refractivity contribution in [3.63, 3.8) is 0 Å². The molecule has 0 saturated carbocycles. The standard InChI is InChI=1S/C14H27N3O2/c1-4-6-11(12(15)16-19)13(18)17-9-7-14(3,5-2)8-10-17/h11,19H,4-10H2,1-3H3,(H2,15,16). The number of hydrogen-bond acceptors (Lipinski definition) is 3. The molecule has 0 radical (unpaired) electrons. The van der Waals surface area contributed by atoms with E-state index in [0.29, 0.717) is 11.8 Å². The summed E-state index contributed by atoms with van der Waals surface area (Å²) in [5, 5.41) is 11.8. The fourth-order valence-electron chi connectivity index (χ4n) is 2.60. The molecule has 1 unspecified atom stereocenters. The first-order chi connectivity index (χ1) is 8.97. The summed E-state index contributed by atoms with van der Waals surface area (Å²) in [6, 6.07) is 0. The predicted molar refractivity (Wildman–Crippen MR) is 76.0 cm³/mol. The van der Waals surface area contributed by atoms with Crippen LogP contribution in [0.3, 0.4) is 0 Å². The Kier molecular flexibility index (Phi) is 5.63. The lowest BCUT2D eigenvalue weighted by Gasteiger charge is -2.40. The van der Waals surface area contributed by atoms with Crippen molar-refractivity contribution < 1.29 is 10.0 Å². The molecule has 1 aliphatic rings. The maximum atomic E-state index is 12.4. The largest absolute Gasteiger partial charge is 0.409 e. The molecule has 110 valence electrons. The van der Waals surface area contributed by atoms with Crippen molar-refractivity contribution in [2.45, 2.75) is 52.9 Å². The van der Waals surface area contributed by atoms with E-state index < -0.39 is 5.92 Å². The molecular formula is C14H27N3O2. The Hall–Kier alpha value is -1.26. The average molecular weight is 269 g/mol. The molecule has 5 nitrogen and oxygen atoms in total. The van der Waals surface area contributed by atoms with Crippen LogP contribution in [-0.4, -0.2) is 34.9 Å². The molecule has 1 heterocycles. The zero-order valence-corrected chi connectivity index (χ0v) is 12.4. The summed E-state index contributed by atoms with van der Waals surface area (Å²) < 4.78 is 0. The highest BCUT2D eigenvalue weighted by Gasteiger charge is 2.34. The van der Waals surface area contributed by atoms with Gasteiger partial charge in [-0.1, -0.05) is 38.8 Å². The van der Waals surface area contributed by atoms with E-state index in [1.54, 1.807) is 0 Å². The van der Waals surface area contributed by atoms with E-state index in [1.807, 2.05) is 11.8 Å². The van der Waals surface area contributed by atoms with Gasteiger partial charge in [-0.25, -0.2) is 0 Å². The number of amidine groups is 1. The third-order valence-corrected chi connectivity index (χ3v) is 4.48. The number of likely N-dealkylation sites (tertiary alicyclic amines) is 1. The smallest absolute Gasteiger partial charge is 0.233 e. The first-order valence-corrected chi connectivity index (χ1v) is 7.23. The van der Waals surface area contributed by atoms with Gasteiger partial charge in [0.15, 0.2) is 5.84 Å². The second kappa shape index (κ2) is 6.78. The molecule has 3 N–H and O–H groups in total. The van der Waals surface area contributed by atoms with Gasteiger partial charge in [-0.15, -0.1) is 0 Å². The Balaban J connectivity index is 2.67. The van der Waals surface area contributed by atoms with Crippen molar-refractivity contribution in [3.05, 3.63) is 0 Å². The Morgan fingerprint density at radius 2 is 2.00 bits per heavy atom. The van der Waals surface area contributed by atoms with E-state index in [9.17, 15) is 4.79 Å². The number of nitrogens with zero attached hydrogens (tertiary/aromatic N) is 2. The molecular weight excluding hydrogens is 242 g/mol. The molecule has 0 aromatic heterocycles. The topological polar surface area (TPSA) is 78.9 Å². The van der Waals surface area contributed by atoms with Gasteiger partial charge in [0.05, 0.1) is 5.92 Å². The minimum absolute atomic E-state index is 0.00954. The molecule has 1 rings (SSSR count). The van der Waals surface area contributed by atoms with Gasteiger partial charge in [-0.05, 0) is 24.7 Å². The summed E-state index contributed by atoms with van der Waals surface area (Å²) >= 11 is 0. The lowest BCUT2D eigenvalue weighted by atomic mass is 9.78. The van der Waals surface area contributed by atoms with Crippen molar-refractivity contribution in [2.24, 2.45) is 22.2 Å². The molecule has 0 aromatic rings. The lowest BCUT2D eigenvalue weighted by Crippen LogP contribution is -2.47. The Bertz CT molecular complexity index is 334. The van der Waals surface area contributed by atoms with Crippen molar-refractivity contribution >= 4 is 11.7 Å². The highest BCUT2D eigenvalue weighted by atomic mass is 16.4. The maximum Gasteiger partial charge on any atom is 0.233 e.